The lowest BCUT2D eigenvalue weighted by molar-refractivity contribution is -0.127. The molecule has 0 radical (unpaired) electrons. The van der Waals surface area contributed by atoms with Crippen LogP contribution in [0.25, 0.3) is 21.9 Å². The van der Waals surface area contributed by atoms with Crippen LogP contribution >= 0.6 is 23.8 Å². The maximum Gasteiger partial charge on any atom is 0.342 e. The quantitative estimate of drug-likeness (QED) is 0.253. The van der Waals surface area contributed by atoms with Crippen molar-refractivity contribution in [3.05, 3.63) is 66.7 Å². The van der Waals surface area contributed by atoms with Gasteiger partial charge in [0.15, 0.2) is 5.75 Å². The van der Waals surface area contributed by atoms with Gasteiger partial charge in [-0.25, -0.2) is 4.79 Å². The zero-order chi connectivity index (χ0) is 22.5. The van der Waals surface area contributed by atoms with Gasteiger partial charge >= 0.3 is 5.97 Å². The lowest BCUT2D eigenvalue weighted by Crippen LogP contribution is -2.44. The van der Waals surface area contributed by atoms with Gasteiger partial charge in [-0.05, 0) is 40.8 Å². The van der Waals surface area contributed by atoms with E-state index in [1.54, 1.807) is 11.8 Å². The van der Waals surface area contributed by atoms with Crippen molar-refractivity contribution in [3.8, 4) is 16.9 Å². The molecule has 0 bridgehead atoms. The molecule has 2 aliphatic rings. The molecular formula is C25H21NO4S2. The van der Waals surface area contributed by atoms with E-state index in [0.29, 0.717) is 23.6 Å². The monoisotopic (exact) mass is 463 g/mol. The molecule has 0 aromatic heterocycles. The zero-order valence-corrected chi connectivity index (χ0v) is 19.3. The average Bonchev–Trinajstić information content (AvgIpc) is 2.78. The molecule has 2 aliphatic heterocycles. The topological polar surface area (TPSA) is 55.8 Å². The Morgan fingerprint density at radius 1 is 1.09 bits per heavy atom. The van der Waals surface area contributed by atoms with E-state index in [4.69, 9.17) is 9.02 Å². The normalized spacial score (nSPS) is 14.1. The highest BCUT2D eigenvalue weighted by Crippen LogP contribution is 2.51. The van der Waals surface area contributed by atoms with E-state index in [9.17, 15) is 9.59 Å². The first-order valence-corrected chi connectivity index (χ1v) is 11.9. The largest absolute Gasteiger partial charge is 0.388 e. The second-order valence-corrected chi connectivity index (χ2v) is 10.3. The van der Waals surface area contributed by atoms with Crippen molar-refractivity contribution in [1.29, 1.82) is 0 Å². The highest BCUT2D eigenvalue weighted by Gasteiger charge is 2.35. The fourth-order valence-corrected chi connectivity index (χ4v) is 5.78. The predicted octanol–water partition coefficient (Wildman–Crippen LogP) is 6.12. The Bertz CT molecular complexity index is 1280. The molecule has 0 atom stereocenters. The van der Waals surface area contributed by atoms with Gasteiger partial charge in [-0.1, -0.05) is 56.5 Å². The maximum atomic E-state index is 13.4. The highest BCUT2D eigenvalue weighted by molar-refractivity contribution is 7.99. The van der Waals surface area contributed by atoms with E-state index in [1.807, 2.05) is 44.2 Å². The molecule has 0 saturated carbocycles. The number of rotatable bonds is 6. The Balaban J connectivity index is 1.46. The number of benzene rings is 3. The first-order valence-electron chi connectivity index (χ1n) is 10.2. The summed E-state index contributed by atoms with van der Waals surface area (Å²) in [5.41, 5.74) is 2.60. The van der Waals surface area contributed by atoms with Gasteiger partial charge in [0.25, 0.3) is 5.91 Å². The molecule has 0 aliphatic carbocycles. The van der Waals surface area contributed by atoms with Crippen LogP contribution < -0.4 is 4.84 Å². The number of amides is 1. The minimum Gasteiger partial charge on any atom is -0.388 e. The van der Waals surface area contributed by atoms with Crippen LogP contribution in [0.4, 0.5) is 0 Å². The van der Waals surface area contributed by atoms with Crippen LogP contribution in [-0.4, -0.2) is 29.2 Å². The summed E-state index contributed by atoms with van der Waals surface area (Å²) in [6.45, 7) is 7.75. The molecule has 2 heterocycles. The lowest BCUT2D eigenvalue weighted by atomic mass is 9.92. The first kappa shape index (κ1) is 21.0. The van der Waals surface area contributed by atoms with E-state index < -0.39 is 5.97 Å². The Hall–Kier alpha value is -2.90. The molecule has 3 aromatic carbocycles. The summed E-state index contributed by atoms with van der Waals surface area (Å²) in [6.07, 6.45) is 1.13. The fraction of sp³-hybridized carbons (Fsp3) is 0.200. The van der Waals surface area contributed by atoms with E-state index in [1.165, 1.54) is 15.5 Å². The molecule has 0 N–H and O–H groups in total. The summed E-state index contributed by atoms with van der Waals surface area (Å²) in [7, 11) is 0. The summed E-state index contributed by atoms with van der Waals surface area (Å²) < 4.78 is 5.03. The summed E-state index contributed by atoms with van der Waals surface area (Å²) in [5, 5.41) is 3.36. The second kappa shape index (κ2) is 7.90. The van der Waals surface area contributed by atoms with Gasteiger partial charge in [0.05, 0.1) is 24.2 Å². The van der Waals surface area contributed by atoms with Crippen molar-refractivity contribution in [2.75, 3.05) is 12.3 Å². The maximum absolute atomic E-state index is 13.4. The number of hydrogen-bond donors (Lipinski definition) is 0. The molecular weight excluding hydrogens is 442 g/mol. The van der Waals surface area contributed by atoms with Crippen LogP contribution in [0, 0.1) is 5.41 Å². The van der Waals surface area contributed by atoms with Crippen molar-refractivity contribution in [2.45, 2.75) is 23.6 Å². The third-order valence-corrected chi connectivity index (χ3v) is 7.79. The third-order valence-electron chi connectivity index (χ3n) is 5.48. The molecule has 0 spiro atoms. The van der Waals surface area contributed by atoms with Crippen molar-refractivity contribution in [1.82, 2.24) is 5.06 Å². The number of hydroxylamine groups is 2. The minimum absolute atomic E-state index is 0.161. The second-order valence-electron chi connectivity index (χ2n) is 8.54. The van der Waals surface area contributed by atoms with Crippen LogP contribution in [0.3, 0.4) is 0 Å². The molecule has 1 amide bonds. The Labute approximate surface area is 194 Å². The van der Waals surface area contributed by atoms with Gasteiger partial charge in [0.2, 0.25) is 0 Å². The highest BCUT2D eigenvalue weighted by atomic mass is 32.2. The molecule has 0 fully saturated rings. The Morgan fingerprint density at radius 2 is 1.88 bits per heavy atom. The Kier molecular flexibility index (Phi) is 5.18. The number of carbonyl (C=O) groups excluding carboxylic acids is 2. The number of fused-ring (bicyclic) bond motifs is 2. The van der Waals surface area contributed by atoms with Gasteiger partial charge in [-0.15, -0.1) is 0 Å². The standard InChI is InChI=1S/C25H21NO4S2/c1-4-21(27)30-31-14-25(2,3)13-26-24(28)17-10-9-16-15-7-5-6-8-19(15)32-20-12-11-18(29-26)22(17)23(16)20/h4-12H,1,13-14H2,2-3H3. The number of carbonyl (C=O) groups is 2. The lowest BCUT2D eigenvalue weighted by Gasteiger charge is -2.35. The van der Waals surface area contributed by atoms with Crippen molar-refractivity contribution in [2.24, 2.45) is 5.41 Å². The fourth-order valence-electron chi connectivity index (χ4n) is 4.01. The van der Waals surface area contributed by atoms with Crippen LogP contribution in [0.1, 0.15) is 24.2 Å². The van der Waals surface area contributed by atoms with Gasteiger partial charge in [0, 0.05) is 32.4 Å². The summed E-state index contributed by atoms with van der Waals surface area (Å²) in [4.78, 5) is 33.1. The number of nitrogens with zero attached hydrogens (tertiary/aromatic N) is 1. The van der Waals surface area contributed by atoms with E-state index in [-0.39, 0.29) is 11.3 Å². The van der Waals surface area contributed by atoms with Crippen molar-refractivity contribution in [3.63, 3.8) is 0 Å². The summed E-state index contributed by atoms with van der Waals surface area (Å²) in [6, 6.07) is 16.3. The Morgan fingerprint density at radius 3 is 2.69 bits per heavy atom. The average molecular weight is 464 g/mol. The van der Waals surface area contributed by atoms with Gasteiger partial charge in [-0.3, -0.25) is 4.79 Å². The third kappa shape index (κ3) is 3.55. The molecule has 162 valence electrons. The smallest absolute Gasteiger partial charge is 0.342 e. The van der Waals surface area contributed by atoms with Gasteiger partial charge < -0.3 is 9.02 Å². The van der Waals surface area contributed by atoms with Crippen LogP contribution in [0.15, 0.2) is 71.0 Å². The zero-order valence-electron chi connectivity index (χ0n) is 17.7. The number of hydrogen-bond acceptors (Lipinski definition) is 6. The predicted molar refractivity (Wildman–Crippen MR) is 128 cm³/mol. The molecule has 7 heteroatoms. The minimum atomic E-state index is -0.482. The van der Waals surface area contributed by atoms with Crippen molar-refractivity contribution < 1.29 is 18.6 Å². The molecule has 0 saturated heterocycles. The SMILES string of the molecule is C=CC(=O)OSCC(C)(C)CN1Oc2ccc3c4c(ccc(c24)C1=O)-c1ccccc1S3. The van der Waals surface area contributed by atoms with E-state index in [0.717, 1.165) is 39.4 Å². The van der Waals surface area contributed by atoms with E-state index >= 15 is 0 Å². The summed E-state index contributed by atoms with van der Waals surface area (Å²) >= 11 is 2.77. The molecule has 32 heavy (non-hydrogen) atoms. The van der Waals surface area contributed by atoms with Gasteiger partial charge in [0.1, 0.15) is 0 Å². The molecule has 5 nitrogen and oxygen atoms in total. The molecule has 3 aromatic rings. The van der Waals surface area contributed by atoms with Gasteiger partial charge in [-0.2, -0.15) is 5.06 Å². The van der Waals surface area contributed by atoms with Crippen molar-refractivity contribution >= 4 is 46.5 Å². The van der Waals surface area contributed by atoms with Crippen LogP contribution in [0.5, 0.6) is 5.75 Å². The molecule has 5 rings (SSSR count). The van der Waals surface area contributed by atoms with Crippen LogP contribution in [0.2, 0.25) is 0 Å². The van der Waals surface area contributed by atoms with E-state index in [2.05, 4.69) is 24.8 Å². The first-order chi connectivity index (χ1) is 15.4. The summed E-state index contributed by atoms with van der Waals surface area (Å²) in [5.74, 6) is 0.546. The van der Waals surface area contributed by atoms with Crippen LogP contribution in [-0.2, 0) is 8.98 Å². The molecule has 0 unspecified atom stereocenters.